The number of nitrogens with zero attached hydrogens (tertiary/aromatic N) is 6. The lowest BCUT2D eigenvalue weighted by molar-refractivity contribution is 0.604. The predicted octanol–water partition coefficient (Wildman–Crippen LogP) is 22.3. The zero-order valence-corrected chi connectivity index (χ0v) is 50.6. The van der Waals surface area contributed by atoms with E-state index >= 15 is 0 Å². The molecule has 0 saturated heterocycles. The first-order valence-corrected chi connectivity index (χ1v) is 32.3. The highest BCUT2D eigenvalue weighted by molar-refractivity contribution is 6.15. The van der Waals surface area contributed by atoms with Crippen LogP contribution in [0.3, 0.4) is 0 Å². The van der Waals surface area contributed by atoms with Crippen molar-refractivity contribution in [3.05, 3.63) is 325 Å². The summed E-state index contributed by atoms with van der Waals surface area (Å²) in [4.78, 5) is 4.72. The number of aromatic nitrogens is 4. The topological polar surface area (TPSA) is 26.2 Å². The highest BCUT2D eigenvalue weighted by Gasteiger charge is 2.32. The molecular weight excluding hydrogens is 1130 g/mol. The van der Waals surface area contributed by atoms with Gasteiger partial charge in [0, 0.05) is 106 Å². The standard InChI is InChI=1S/C84H62F2N6/c85-56-34-38-63(39-35-56)89-78-32-15-12-28-71(78)74-52-75-83(54-82(74)89)92(64-40-36-57(86)37-41-64)79-33-17-29-68(84(75)79)55-18-16-25-67(50-55)88(60-23-8-3-9-24-60)62-44-48-66(49-45-62)91-77-31-14-11-27-70(77)73-51-72-69-26-10-13-30-76(69)90(80(72)53-81(73)91)65-46-42-61(43-47-65)87(58-19-4-1-5-20-58)59-21-6-2-7-22-59/h1-10,12-13,15-16,18-26,28,30,32,34-54,68H,11,14,17,27,29,31,33H2. The van der Waals surface area contributed by atoms with Gasteiger partial charge in [0.15, 0.2) is 0 Å². The van der Waals surface area contributed by atoms with Crippen LogP contribution < -0.4 is 9.80 Å². The van der Waals surface area contributed by atoms with Crippen molar-refractivity contribution in [3.63, 3.8) is 0 Å². The molecule has 1 unspecified atom stereocenters. The van der Waals surface area contributed by atoms with Crippen molar-refractivity contribution in [3.8, 4) is 22.7 Å². The fourth-order valence-electron chi connectivity index (χ4n) is 15.7. The highest BCUT2D eigenvalue weighted by Crippen LogP contribution is 2.49. The first-order chi connectivity index (χ1) is 45.5. The maximum Gasteiger partial charge on any atom is 0.123 e. The van der Waals surface area contributed by atoms with Gasteiger partial charge in [-0.05, 0) is 244 Å². The van der Waals surface area contributed by atoms with Gasteiger partial charge < -0.3 is 28.1 Å². The molecule has 0 aliphatic heterocycles. The minimum Gasteiger partial charge on any atom is -0.313 e. The number of rotatable bonds is 11. The molecule has 0 bridgehead atoms. The molecule has 0 amide bonds. The molecule has 16 aromatic rings. The largest absolute Gasteiger partial charge is 0.313 e. The monoisotopic (exact) mass is 1190 g/mol. The molecule has 4 heterocycles. The van der Waals surface area contributed by atoms with E-state index in [9.17, 15) is 8.78 Å². The van der Waals surface area contributed by atoms with Crippen LogP contribution in [0.25, 0.3) is 88.2 Å². The van der Waals surface area contributed by atoms with Gasteiger partial charge in [0.25, 0.3) is 0 Å². The van der Waals surface area contributed by atoms with Gasteiger partial charge in [-0.25, -0.2) is 8.78 Å². The summed E-state index contributed by atoms with van der Waals surface area (Å²) in [5.74, 6) is -0.460. The van der Waals surface area contributed by atoms with Crippen LogP contribution in [0.5, 0.6) is 0 Å². The Kier molecular flexibility index (Phi) is 12.7. The Labute approximate surface area is 531 Å². The van der Waals surface area contributed by atoms with Gasteiger partial charge in [0.1, 0.15) is 11.6 Å². The molecule has 4 aromatic heterocycles. The Morgan fingerprint density at radius 1 is 0.283 bits per heavy atom. The molecule has 442 valence electrons. The summed E-state index contributed by atoms with van der Waals surface area (Å²) in [6, 6.07) is 100. The van der Waals surface area contributed by atoms with Gasteiger partial charge in [-0.2, -0.15) is 0 Å². The van der Waals surface area contributed by atoms with E-state index in [2.05, 4.69) is 265 Å². The summed E-state index contributed by atoms with van der Waals surface area (Å²) in [6.45, 7) is 0. The second-order valence-electron chi connectivity index (χ2n) is 24.8. The van der Waals surface area contributed by atoms with Gasteiger partial charge in [-0.1, -0.05) is 103 Å². The van der Waals surface area contributed by atoms with Crippen molar-refractivity contribution < 1.29 is 8.78 Å². The van der Waals surface area contributed by atoms with E-state index in [1.54, 1.807) is 12.1 Å². The molecule has 0 radical (unpaired) electrons. The fraction of sp³-hybridized carbons (Fsp3) is 0.0952. The molecule has 0 N–H and O–H groups in total. The minimum atomic E-state index is -0.271. The van der Waals surface area contributed by atoms with Crippen LogP contribution in [0.4, 0.5) is 42.9 Å². The number of hydrogen-bond donors (Lipinski definition) is 0. The summed E-state index contributed by atoms with van der Waals surface area (Å²) in [5.41, 5.74) is 24.1. The van der Waals surface area contributed by atoms with Crippen molar-refractivity contribution >= 4 is 99.5 Å². The lowest BCUT2D eigenvalue weighted by Gasteiger charge is -2.29. The molecule has 0 spiro atoms. The van der Waals surface area contributed by atoms with Crippen LogP contribution in [0.1, 0.15) is 59.7 Å². The summed E-state index contributed by atoms with van der Waals surface area (Å²) in [7, 11) is 0. The summed E-state index contributed by atoms with van der Waals surface area (Å²) in [6.07, 6.45) is 7.27. The maximum absolute atomic E-state index is 14.8. The minimum absolute atomic E-state index is 0.0770. The molecule has 2 aliphatic carbocycles. The van der Waals surface area contributed by atoms with Crippen LogP contribution >= 0.6 is 0 Å². The van der Waals surface area contributed by atoms with Gasteiger partial charge in [0.2, 0.25) is 0 Å². The quantitative estimate of drug-likeness (QED) is 0.129. The molecule has 18 rings (SSSR count). The first-order valence-electron chi connectivity index (χ1n) is 32.3. The molecule has 1 atom stereocenters. The van der Waals surface area contributed by atoms with Crippen molar-refractivity contribution in [2.75, 3.05) is 9.80 Å². The summed E-state index contributed by atoms with van der Waals surface area (Å²) < 4.78 is 38.9. The Morgan fingerprint density at radius 3 is 1.23 bits per heavy atom. The molecular formula is C84H62F2N6. The third-order valence-electron chi connectivity index (χ3n) is 19.7. The number of benzene rings is 12. The number of aryl methyl sites for hydroxylation is 1. The highest BCUT2D eigenvalue weighted by atomic mass is 19.1. The van der Waals surface area contributed by atoms with Crippen LogP contribution in [0.15, 0.2) is 285 Å². The van der Waals surface area contributed by atoms with E-state index in [1.807, 2.05) is 24.3 Å². The maximum atomic E-state index is 14.8. The lowest BCUT2D eigenvalue weighted by Crippen LogP contribution is -2.14. The average Bonchev–Trinajstić information content (AvgIpc) is 1.60. The number of hydrogen-bond acceptors (Lipinski definition) is 2. The molecule has 6 nitrogen and oxygen atoms in total. The predicted molar refractivity (Wildman–Crippen MR) is 376 cm³/mol. The van der Waals surface area contributed by atoms with E-state index in [1.165, 1.54) is 84.7 Å². The van der Waals surface area contributed by atoms with Crippen LogP contribution in [0, 0.1) is 11.6 Å². The molecule has 0 saturated carbocycles. The van der Waals surface area contributed by atoms with Gasteiger partial charge in [-0.3, -0.25) is 0 Å². The Bertz CT molecular complexity index is 5450. The van der Waals surface area contributed by atoms with Crippen LogP contribution in [0.2, 0.25) is 0 Å². The fourth-order valence-corrected chi connectivity index (χ4v) is 15.7. The van der Waals surface area contributed by atoms with E-state index < -0.39 is 0 Å². The molecule has 92 heavy (non-hydrogen) atoms. The van der Waals surface area contributed by atoms with Crippen LogP contribution in [-0.2, 0) is 19.3 Å². The molecule has 8 heteroatoms. The zero-order valence-electron chi connectivity index (χ0n) is 50.6. The molecule has 12 aromatic carbocycles. The number of fused-ring (bicyclic) bond motifs is 12. The molecule has 0 fully saturated rings. The average molecular weight is 1190 g/mol. The van der Waals surface area contributed by atoms with Crippen molar-refractivity contribution in [1.29, 1.82) is 0 Å². The van der Waals surface area contributed by atoms with E-state index in [0.717, 1.165) is 123 Å². The van der Waals surface area contributed by atoms with E-state index in [4.69, 9.17) is 0 Å². The van der Waals surface area contributed by atoms with E-state index in [0.29, 0.717) is 0 Å². The Hall–Kier alpha value is -11.2. The zero-order chi connectivity index (χ0) is 61.0. The van der Waals surface area contributed by atoms with Crippen LogP contribution in [-0.4, -0.2) is 18.3 Å². The third kappa shape index (κ3) is 8.72. The third-order valence-corrected chi connectivity index (χ3v) is 19.7. The lowest BCUT2D eigenvalue weighted by atomic mass is 9.80. The van der Waals surface area contributed by atoms with Crippen molar-refractivity contribution in [1.82, 2.24) is 18.3 Å². The van der Waals surface area contributed by atoms with Crippen molar-refractivity contribution in [2.24, 2.45) is 0 Å². The second-order valence-corrected chi connectivity index (χ2v) is 24.8. The summed E-state index contributed by atoms with van der Waals surface area (Å²) in [5, 5.41) is 7.31. The van der Waals surface area contributed by atoms with Gasteiger partial charge >= 0.3 is 0 Å². The number of anilines is 6. The Morgan fingerprint density at radius 2 is 0.685 bits per heavy atom. The number of halogens is 2. The van der Waals surface area contributed by atoms with Gasteiger partial charge in [0.05, 0.1) is 33.1 Å². The smallest absolute Gasteiger partial charge is 0.123 e. The SMILES string of the molecule is Fc1ccc(-n2c3c(c4cc5c6ccccc6n(-c6ccc(F)cc6)c5cc42)C(c2cccc(N(c4ccccc4)c4ccc(-n5c6c(c7cc8c9ccccc9n(-c9ccc(N(c%10ccccc%10)c%10ccccc%10)cc9)c8cc75)CCCC6)cc4)c2)CCC3)cc1. The Balaban J connectivity index is 0.751. The van der Waals surface area contributed by atoms with Gasteiger partial charge in [-0.15, -0.1) is 0 Å². The normalized spacial score (nSPS) is 14.0. The first kappa shape index (κ1) is 53.8. The van der Waals surface area contributed by atoms with Crippen molar-refractivity contribution in [2.45, 2.75) is 50.9 Å². The second kappa shape index (κ2) is 21.8. The molecule has 2 aliphatic rings. The van der Waals surface area contributed by atoms with E-state index in [-0.39, 0.29) is 17.6 Å². The summed E-state index contributed by atoms with van der Waals surface area (Å²) >= 11 is 0. The number of para-hydroxylation sites is 5.